The van der Waals surface area contributed by atoms with Gasteiger partial charge in [-0.2, -0.15) is 0 Å². The number of carbonyl (C=O) groups excluding carboxylic acids is 1. The molecule has 1 amide bonds. The van der Waals surface area contributed by atoms with Gasteiger partial charge < -0.3 is 10.2 Å². The number of thiazole rings is 1. The Balaban J connectivity index is 1.55. The number of benzene rings is 2. The smallest absolute Gasteiger partial charge is 0.272 e. The molecule has 0 unspecified atom stereocenters. The third-order valence-corrected chi connectivity index (χ3v) is 5.36. The molecule has 0 aliphatic rings. The molecule has 6 nitrogen and oxygen atoms in total. The van der Waals surface area contributed by atoms with Crippen molar-refractivity contribution in [2.75, 3.05) is 19.0 Å². The fourth-order valence-electron chi connectivity index (χ4n) is 2.81. The van der Waals surface area contributed by atoms with Crippen molar-refractivity contribution in [3.05, 3.63) is 72.2 Å². The van der Waals surface area contributed by atoms with Crippen molar-refractivity contribution in [1.82, 2.24) is 20.3 Å². The average molecular weight is 389 g/mol. The maximum Gasteiger partial charge on any atom is 0.272 e. The Morgan fingerprint density at radius 3 is 2.54 bits per heavy atom. The van der Waals surface area contributed by atoms with Crippen LogP contribution in [0.15, 0.2) is 60.9 Å². The third kappa shape index (κ3) is 3.70. The molecule has 2 heterocycles. The van der Waals surface area contributed by atoms with E-state index in [0.717, 1.165) is 21.5 Å². The monoisotopic (exact) mass is 389 g/mol. The summed E-state index contributed by atoms with van der Waals surface area (Å²) in [4.78, 5) is 28.0. The number of fused-ring (bicyclic) bond motifs is 1. The number of rotatable bonds is 5. The maximum absolute atomic E-state index is 12.8. The highest BCUT2D eigenvalue weighted by molar-refractivity contribution is 7.21. The summed E-state index contributed by atoms with van der Waals surface area (Å²) >= 11 is 1.50. The van der Waals surface area contributed by atoms with Gasteiger partial charge in [0.05, 0.1) is 10.2 Å². The first kappa shape index (κ1) is 18.1. The predicted octanol–water partition coefficient (Wildman–Crippen LogP) is 3.75. The van der Waals surface area contributed by atoms with Crippen LogP contribution < -0.4 is 10.2 Å². The minimum atomic E-state index is -0.265. The molecule has 0 saturated heterocycles. The second-order valence-corrected chi connectivity index (χ2v) is 7.51. The highest BCUT2D eigenvalue weighted by Gasteiger charge is 2.18. The first-order valence-electron chi connectivity index (χ1n) is 8.83. The number of aromatic nitrogens is 3. The van der Waals surface area contributed by atoms with Gasteiger partial charge in [-0.25, -0.2) is 15.0 Å². The fraction of sp³-hybridized carbons (Fsp3) is 0.143. The lowest BCUT2D eigenvalue weighted by Gasteiger charge is -2.13. The molecule has 2 aromatic heterocycles. The number of amides is 1. The van der Waals surface area contributed by atoms with Gasteiger partial charge in [-0.3, -0.25) is 4.79 Å². The lowest BCUT2D eigenvalue weighted by atomic mass is 10.2. The van der Waals surface area contributed by atoms with Gasteiger partial charge in [0, 0.05) is 38.7 Å². The van der Waals surface area contributed by atoms with Crippen molar-refractivity contribution in [2.24, 2.45) is 0 Å². The van der Waals surface area contributed by atoms with Gasteiger partial charge in [0.15, 0.2) is 5.69 Å². The second-order valence-electron chi connectivity index (χ2n) is 6.48. The molecular formula is C21H19N5OS. The molecule has 4 aromatic rings. The van der Waals surface area contributed by atoms with E-state index in [-0.39, 0.29) is 11.6 Å². The number of hydrogen-bond donors (Lipinski definition) is 1. The topological polar surface area (TPSA) is 71.0 Å². The average Bonchev–Trinajstić information content (AvgIpc) is 3.16. The maximum atomic E-state index is 12.8. The van der Waals surface area contributed by atoms with Crippen LogP contribution in [0.25, 0.3) is 20.9 Å². The van der Waals surface area contributed by atoms with Crippen molar-refractivity contribution >= 4 is 33.1 Å². The summed E-state index contributed by atoms with van der Waals surface area (Å²) in [7, 11) is 3.99. The van der Waals surface area contributed by atoms with Gasteiger partial charge in [-0.15, -0.1) is 11.3 Å². The Labute approximate surface area is 166 Å². The summed E-state index contributed by atoms with van der Waals surface area (Å²) in [5, 5.41) is 3.62. The van der Waals surface area contributed by atoms with Crippen LogP contribution >= 0.6 is 11.3 Å². The minimum Gasteiger partial charge on any atom is -0.378 e. The van der Waals surface area contributed by atoms with E-state index in [9.17, 15) is 4.79 Å². The Morgan fingerprint density at radius 1 is 1.04 bits per heavy atom. The predicted molar refractivity (Wildman–Crippen MR) is 113 cm³/mol. The Hall–Kier alpha value is -3.32. The number of para-hydroxylation sites is 1. The van der Waals surface area contributed by atoms with E-state index in [0.29, 0.717) is 17.2 Å². The van der Waals surface area contributed by atoms with Crippen LogP contribution in [-0.4, -0.2) is 35.0 Å². The molecule has 4 rings (SSSR count). The standard InChI is InChI=1S/C21H19N5OS/c1-26(2)15-9-7-14(8-10-15)13-24-20(27)18-19(23-12-11-22-18)21-25-16-5-3-4-6-17(16)28-21/h3-12H,13H2,1-2H3,(H,24,27). The van der Waals surface area contributed by atoms with Crippen LogP contribution in [0.5, 0.6) is 0 Å². The van der Waals surface area contributed by atoms with Gasteiger partial charge in [0.1, 0.15) is 10.7 Å². The van der Waals surface area contributed by atoms with Crippen molar-refractivity contribution in [3.63, 3.8) is 0 Å². The van der Waals surface area contributed by atoms with E-state index in [4.69, 9.17) is 0 Å². The number of nitrogens with one attached hydrogen (secondary N) is 1. The molecule has 0 atom stereocenters. The van der Waals surface area contributed by atoms with Crippen molar-refractivity contribution in [2.45, 2.75) is 6.54 Å². The van der Waals surface area contributed by atoms with Crippen molar-refractivity contribution < 1.29 is 4.79 Å². The van der Waals surface area contributed by atoms with Gasteiger partial charge in [0.25, 0.3) is 5.91 Å². The quantitative estimate of drug-likeness (QED) is 0.563. The zero-order valence-corrected chi connectivity index (χ0v) is 16.4. The lowest BCUT2D eigenvalue weighted by molar-refractivity contribution is 0.0946. The summed E-state index contributed by atoms with van der Waals surface area (Å²) in [6.07, 6.45) is 3.11. The van der Waals surface area contributed by atoms with Crippen LogP contribution in [0.2, 0.25) is 0 Å². The van der Waals surface area contributed by atoms with E-state index in [2.05, 4.69) is 20.3 Å². The van der Waals surface area contributed by atoms with Gasteiger partial charge >= 0.3 is 0 Å². The first-order chi connectivity index (χ1) is 13.6. The number of hydrogen-bond acceptors (Lipinski definition) is 6. The number of nitrogens with zero attached hydrogens (tertiary/aromatic N) is 4. The highest BCUT2D eigenvalue weighted by Crippen LogP contribution is 2.30. The van der Waals surface area contributed by atoms with E-state index in [1.54, 1.807) is 6.20 Å². The van der Waals surface area contributed by atoms with Gasteiger partial charge in [0.2, 0.25) is 0 Å². The first-order valence-corrected chi connectivity index (χ1v) is 9.65. The zero-order valence-electron chi connectivity index (χ0n) is 15.6. The molecular weight excluding hydrogens is 370 g/mol. The van der Waals surface area contributed by atoms with E-state index in [1.807, 2.05) is 67.5 Å². The normalized spacial score (nSPS) is 10.8. The summed E-state index contributed by atoms with van der Waals surface area (Å²) in [5.41, 5.74) is 3.81. The van der Waals surface area contributed by atoms with Crippen LogP contribution in [0.3, 0.4) is 0 Å². The number of anilines is 1. The molecule has 0 spiro atoms. The van der Waals surface area contributed by atoms with Crippen molar-refractivity contribution in [1.29, 1.82) is 0 Å². The fourth-order valence-corrected chi connectivity index (χ4v) is 3.78. The highest BCUT2D eigenvalue weighted by atomic mass is 32.1. The van der Waals surface area contributed by atoms with E-state index >= 15 is 0 Å². The Kier molecular flexibility index (Phi) is 4.99. The van der Waals surface area contributed by atoms with E-state index in [1.165, 1.54) is 17.5 Å². The molecule has 0 aliphatic carbocycles. The largest absolute Gasteiger partial charge is 0.378 e. The molecule has 0 radical (unpaired) electrons. The summed E-state index contributed by atoms with van der Waals surface area (Å²) in [6, 6.07) is 15.9. The zero-order chi connectivity index (χ0) is 19.5. The van der Waals surface area contributed by atoms with Crippen LogP contribution in [0.4, 0.5) is 5.69 Å². The van der Waals surface area contributed by atoms with Crippen LogP contribution in [0.1, 0.15) is 16.1 Å². The minimum absolute atomic E-state index is 0.265. The molecule has 28 heavy (non-hydrogen) atoms. The summed E-state index contributed by atoms with van der Waals surface area (Å²) in [6.45, 7) is 0.419. The second kappa shape index (κ2) is 7.74. The Bertz CT molecular complexity index is 1090. The van der Waals surface area contributed by atoms with Crippen LogP contribution in [-0.2, 0) is 6.54 Å². The molecule has 2 aromatic carbocycles. The molecule has 0 saturated carbocycles. The molecule has 0 bridgehead atoms. The Morgan fingerprint density at radius 2 is 1.79 bits per heavy atom. The van der Waals surface area contributed by atoms with Crippen LogP contribution in [0, 0.1) is 0 Å². The van der Waals surface area contributed by atoms with Crippen molar-refractivity contribution in [3.8, 4) is 10.7 Å². The SMILES string of the molecule is CN(C)c1ccc(CNC(=O)c2nccnc2-c2nc3ccccc3s2)cc1. The van der Waals surface area contributed by atoms with Gasteiger partial charge in [-0.1, -0.05) is 24.3 Å². The third-order valence-electron chi connectivity index (χ3n) is 4.32. The van der Waals surface area contributed by atoms with Gasteiger partial charge in [-0.05, 0) is 29.8 Å². The molecule has 0 fully saturated rings. The summed E-state index contributed by atoms with van der Waals surface area (Å²) < 4.78 is 1.05. The molecule has 1 N–H and O–H groups in total. The lowest BCUT2D eigenvalue weighted by Crippen LogP contribution is -2.24. The summed E-state index contributed by atoms with van der Waals surface area (Å²) in [5.74, 6) is -0.265. The molecule has 0 aliphatic heterocycles. The van der Waals surface area contributed by atoms with E-state index < -0.39 is 0 Å². The molecule has 7 heteroatoms. The molecule has 140 valence electrons. The number of carbonyl (C=O) groups is 1.